The summed E-state index contributed by atoms with van der Waals surface area (Å²) in [6, 6.07) is 18.4. The number of anilines is 2. The maximum atomic E-state index is 13.5. The normalized spacial score (nSPS) is 15.2. The van der Waals surface area contributed by atoms with Gasteiger partial charge in [-0.05, 0) is 73.1 Å². The molecule has 7 nitrogen and oxygen atoms in total. The van der Waals surface area contributed by atoms with Crippen LogP contribution in [0.2, 0.25) is 0 Å². The molecule has 1 aliphatic heterocycles. The molecule has 2 aromatic carbocycles. The molecule has 0 spiro atoms. The van der Waals surface area contributed by atoms with E-state index in [4.69, 9.17) is 10.1 Å². The Kier molecular flexibility index (Phi) is 6.61. The summed E-state index contributed by atoms with van der Waals surface area (Å²) >= 11 is 1.50. The van der Waals surface area contributed by atoms with Crippen molar-refractivity contribution in [3.8, 4) is 11.1 Å². The minimum Gasteiger partial charge on any atom is -0.352 e. The van der Waals surface area contributed by atoms with Crippen LogP contribution in [0.4, 0.5) is 10.9 Å². The molecule has 3 aromatic heterocycles. The van der Waals surface area contributed by atoms with Gasteiger partial charge in [0.25, 0.3) is 5.91 Å². The van der Waals surface area contributed by atoms with Gasteiger partial charge in [0.15, 0.2) is 5.13 Å². The number of benzene rings is 2. The third-order valence-corrected chi connectivity index (χ3v) is 9.20. The highest BCUT2D eigenvalue weighted by Gasteiger charge is 2.31. The molecule has 5 aromatic rings. The quantitative estimate of drug-likeness (QED) is 0.225. The lowest BCUT2D eigenvalue weighted by atomic mass is 9.94. The minimum atomic E-state index is -0.113. The molecule has 1 fully saturated rings. The first-order valence-electron chi connectivity index (χ1n) is 14.8. The standard InChI is InChI=1S/C34H36N6OS/c1-21-26(18-35-40(21)20-34(2,3)4)24-14-15-30(37-31(24)23-12-13-23)39-17-16-22-8-7-9-25(27(22)19-39)32(41)38-33-36-28-10-5-6-11-29(28)42-33/h5-11,14-15,18,23H,12-13,16-17,19-20H2,1-4H3,(H,36,38,41). The maximum absolute atomic E-state index is 13.5. The fourth-order valence-corrected chi connectivity index (χ4v) is 6.80. The van der Waals surface area contributed by atoms with E-state index in [1.54, 1.807) is 0 Å². The lowest BCUT2D eigenvalue weighted by Crippen LogP contribution is -2.33. The van der Waals surface area contributed by atoms with E-state index in [1.807, 2.05) is 42.6 Å². The number of nitrogens with zero attached hydrogens (tertiary/aromatic N) is 5. The third-order valence-electron chi connectivity index (χ3n) is 8.25. The molecule has 8 heteroatoms. The second-order valence-corrected chi connectivity index (χ2v) is 13.8. The SMILES string of the molecule is Cc1c(-c2ccc(N3CCc4cccc(C(=O)Nc5nc6ccccc6s5)c4C3)nc2C2CC2)cnn1CC(C)(C)C. The summed E-state index contributed by atoms with van der Waals surface area (Å²) in [6.07, 6.45) is 5.24. The zero-order valence-electron chi connectivity index (χ0n) is 24.6. The fourth-order valence-electron chi connectivity index (χ4n) is 5.93. The number of thiazole rings is 1. The van der Waals surface area contributed by atoms with Crippen LogP contribution in [0, 0.1) is 12.3 Å². The van der Waals surface area contributed by atoms with Gasteiger partial charge >= 0.3 is 0 Å². The van der Waals surface area contributed by atoms with Crippen LogP contribution < -0.4 is 10.2 Å². The van der Waals surface area contributed by atoms with Crippen molar-refractivity contribution in [2.75, 3.05) is 16.8 Å². The summed E-state index contributed by atoms with van der Waals surface area (Å²) in [4.78, 5) is 25.7. The van der Waals surface area contributed by atoms with Crippen LogP contribution in [-0.4, -0.2) is 32.2 Å². The molecule has 0 saturated heterocycles. The average molecular weight is 577 g/mol. The van der Waals surface area contributed by atoms with Crippen molar-refractivity contribution in [1.29, 1.82) is 0 Å². The van der Waals surface area contributed by atoms with Gasteiger partial charge in [0.1, 0.15) is 5.82 Å². The first-order chi connectivity index (χ1) is 20.2. The number of aromatic nitrogens is 4. The third kappa shape index (κ3) is 5.20. The van der Waals surface area contributed by atoms with Crippen LogP contribution >= 0.6 is 11.3 Å². The van der Waals surface area contributed by atoms with E-state index in [1.165, 1.54) is 52.3 Å². The largest absolute Gasteiger partial charge is 0.352 e. The molecular formula is C34H36N6OS. The Bertz CT molecular complexity index is 1780. The molecule has 2 aliphatic rings. The van der Waals surface area contributed by atoms with E-state index in [0.717, 1.165) is 41.1 Å². The van der Waals surface area contributed by atoms with Crippen LogP contribution in [0.5, 0.6) is 0 Å². The zero-order chi connectivity index (χ0) is 29.0. The van der Waals surface area contributed by atoms with Crippen LogP contribution in [0.15, 0.2) is 60.8 Å². The number of para-hydroxylation sites is 1. The van der Waals surface area contributed by atoms with Crippen molar-refractivity contribution >= 4 is 38.4 Å². The molecule has 1 N–H and O–H groups in total. The molecule has 1 aliphatic carbocycles. The van der Waals surface area contributed by atoms with Gasteiger partial charge in [-0.3, -0.25) is 14.8 Å². The molecule has 42 heavy (non-hydrogen) atoms. The van der Waals surface area contributed by atoms with Crippen molar-refractivity contribution in [1.82, 2.24) is 19.7 Å². The predicted molar refractivity (Wildman–Crippen MR) is 170 cm³/mol. The highest BCUT2D eigenvalue weighted by molar-refractivity contribution is 7.22. The molecule has 0 unspecified atom stereocenters. The second kappa shape index (κ2) is 10.3. The summed E-state index contributed by atoms with van der Waals surface area (Å²) < 4.78 is 3.19. The van der Waals surface area contributed by atoms with Gasteiger partial charge < -0.3 is 4.90 Å². The van der Waals surface area contributed by atoms with Gasteiger partial charge in [0.2, 0.25) is 0 Å². The lowest BCUT2D eigenvalue weighted by Gasteiger charge is -2.31. The molecular weight excluding hydrogens is 540 g/mol. The molecule has 1 amide bonds. The number of amides is 1. The predicted octanol–water partition coefficient (Wildman–Crippen LogP) is 7.60. The molecule has 0 atom stereocenters. The highest BCUT2D eigenvalue weighted by Crippen LogP contribution is 2.45. The zero-order valence-corrected chi connectivity index (χ0v) is 25.5. The van der Waals surface area contributed by atoms with Crippen LogP contribution in [0.25, 0.3) is 21.3 Å². The molecule has 4 heterocycles. The highest BCUT2D eigenvalue weighted by atomic mass is 32.1. The number of pyridine rings is 1. The molecule has 214 valence electrons. The molecule has 0 bridgehead atoms. The van der Waals surface area contributed by atoms with Gasteiger partial charge in [-0.2, -0.15) is 5.10 Å². The van der Waals surface area contributed by atoms with Crippen molar-refractivity contribution in [3.63, 3.8) is 0 Å². The smallest absolute Gasteiger partial charge is 0.257 e. The number of nitrogens with one attached hydrogen (secondary N) is 1. The Balaban J connectivity index is 1.16. The van der Waals surface area contributed by atoms with Crippen LogP contribution in [0.1, 0.15) is 72.4 Å². The number of carbonyl (C=O) groups excluding carboxylic acids is 1. The summed E-state index contributed by atoms with van der Waals surface area (Å²) in [5.41, 5.74) is 8.81. The van der Waals surface area contributed by atoms with E-state index >= 15 is 0 Å². The monoisotopic (exact) mass is 576 g/mol. The Labute approximate surface area is 250 Å². The van der Waals surface area contributed by atoms with Crippen molar-refractivity contribution < 1.29 is 4.79 Å². The lowest BCUT2D eigenvalue weighted by molar-refractivity contribution is 0.102. The number of hydrogen-bond donors (Lipinski definition) is 1. The van der Waals surface area contributed by atoms with E-state index in [9.17, 15) is 4.79 Å². The summed E-state index contributed by atoms with van der Waals surface area (Å²) in [6.45, 7) is 11.3. The molecule has 0 radical (unpaired) electrons. The van der Waals surface area contributed by atoms with Gasteiger partial charge in [-0.25, -0.2) is 9.97 Å². The van der Waals surface area contributed by atoms with Gasteiger partial charge in [0.05, 0.1) is 22.1 Å². The van der Waals surface area contributed by atoms with E-state index in [2.05, 4.69) is 65.8 Å². The Morgan fingerprint density at radius 2 is 1.86 bits per heavy atom. The Hall–Kier alpha value is -4.04. The van der Waals surface area contributed by atoms with Gasteiger partial charge in [-0.1, -0.05) is 56.4 Å². The van der Waals surface area contributed by atoms with Crippen LogP contribution in [0.3, 0.4) is 0 Å². The van der Waals surface area contributed by atoms with Crippen molar-refractivity contribution in [2.45, 2.75) is 66.0 Å². The number of rotatable bonds is 6. The molecule has 7 rings (SSSR count). The fraction of sp³-hybridized carbons (Fsp3) is 0.353. The summed E-state index contributed by atoms with van der Waals surface area (Å²) in [5.74, 6) is 1.36. The topological polar surface area (TPSA) is 75.9 Å². The number of carbonyl (C=O) groups is 1. The summed E-state index contributed by atoms with van der Waals surface area (Å²) in [5, 5.41) is 8.42. The number of hydrogen-bond acceptors (Lipinski definition) is 6. The Morgan fingerprint density at radius 3 is 2.64 bits per heavy atom. The summed E-state index contributed by atoms with van der Waals surface area (Å²) in [7, 11) is 0. The second-order valence-electron chi connectivity index (χ2n) is 12.8. The minimum absolute atomic E-state index is 0.113. The van der Waals surface area contributed by atoms with Crippen molar-refractivity contribution in [2.24, 2.45) is 5.41 Å². The Morgan fingerprint density at radius 1 is 1.02 bits per heavy atom. The van der Waals surface area contributed by atoms with Gasteiger partial charge in [0, 0.05) is 47.9 Å². The van der Waals surface area contributed by atoms with E-state index < -0.39 is 0 Å². The average Bonchev–Trinajstić information content (AvgIpc) is 3.65. The van der Waals surface area contributed by atoms with Crippen molar-refractivity contribution in [3.05, 3.63) is 88.9 Å². The maximum Gasteiger partial charge on any atom is 0.257 e. The van der Waals surface area contributed by atoms with E-state index in [-0.39, 0.29) is 11.3 Å². The van der Waals surface area contributed by atoms with Crippen LogP contribution in [-0.2, 0) is 19.5 Å². The first-order valence-corrected chi connectivity index (χ1v) is 15.6. The first kappa shape index (κ1) is 26.8. The van der Waals surface area contributed by atoms with Gasteiger partial charge in [-0.15, -0.1) is 0 Å². The van der Waals surface area contributed by atoms with E-state index in [0.29, 0.717) is 23.2 Å². The number of fused-ring (bicyclic) bond motifs is 2. The molecule has 1 saturated carbocycles.